The first-order valence-corrected chi connectivity index (χ1v) is 7.14. The van der Waals surface area contributed by atoms with Crippen molar-refractivity contribution in [1.82, 2.24) is 5.06 Å². The molecule has 2 rings (SSSR count). The van der Waals surface area contributed by atoms with Crippen LogP contribution in [0.1, 0.15) is 26.3 Å². The van der Waals surface area contributed by atoms with Gasteiger partial charge in [0.25, 0.3) is 0 Å². The lowest BCUT2D eigenvalue weighted by atomic mass is 9.84. The van der Waals surface area contributed by atoms with E-state index in [0.29, 0.717) is 6.54 Å². The molecular weight excluding hydrogens is 270 g/mol. The SMILES string of the molecule is CCOC(=O)[C@@]1(C)[C@H](C=O)[C@@H](C)ON1Cc1ccccc1. The predicted octanol–water partition coefficient (Wildman–Crippen LogP) is 1.96. The van der Waals surface area contributed by atoms with E-state index in [2.05, 4.69) is 0 Å². The van der Waals surface area contributed by atoms with Gasteiger partial charge in [-0.25, -0.2) is 4.79 Å². The van der Waals surface area contributed by atoms with Gasteiger partial charge < -0.3 is 9.53 Å². The Labute approximate surface area is 124 Å². The highest BCUT2D eigenvalue weighted by atomic mass is 16.7. The van der Waals surface area contributed by atoms with E-state index in [1.165, 1.54) is 0 Å². The highest BCUT2D eigenvalue weighted by Crippen LogP contribution is 2.38. The molecule has 1 aromatic carbocycles. The van der Waals surface area contributed by atoms with Gasteiger partial charge in [0.05, 0.1) is 25.2 Å². The van der Waals surface area contributed by atoms with Crippen LogP contribution in [0.2, 0.25) is 0 Å². The van der Waals surface area contributed by atoms with Crippen molar-refractivity contribution in [2.75, 3.05) is 6.61 Å². The van der Waals surface area contributed by atoms with Gasteiger partial charge in [-0.05, 0) is 26.3 Å². The van der Waals surface area contributed by atoms with E-state index in [0.717, 1.165) is 11.8 Å². The maximum atomic E-state index is 12.4. The molecule has 1 saturated heterocycles. The number of carbonyl (C=O) groups is 2. The first kappa shape index (κ1) is 15.7. The molecule has 0 spiro atoms. The summed E-state index contributed by atoms with van der Waals surface area (Å²) in [5.41, 5.74) is -0.0979. The van der Waals surface area contributed by atoms with Crippen LogP contribution < -0.4 is 0 Å². The number of hydrogen-bond donors (Lipinski definition) is 0. The Morgan fingerprint density at radius 1 is 1.43 bits per heavy atom. The molecule has 1 fully saturated rings. The van der Waals surface area contributed by atoms with Crippen LogP contribution in [0.5, 0.6) is 0 Å². The molecule has 0 saturated carbocycles. The zero-order valence-corrected chi connectivity index (χ0v) is 12.6. The second-order valence-corrected chi connectivity index (χ2v) is 5.36. The number of nitrogens with zero attached hydrogens (tertiary/aromatic N) is 1. The number of aldehydes is 1. The summed E-state index contributed by atoms with van der Waals surface area (Å²) in [5.74, 6) is -0.984. The molecule has 21 heavy (non-hydrogen) atoms. The lowest BCUT2D eigenvalue weighted by molar-refractivity contribution is -0.204. The van der Waals surface area contributed by atoms with E-state index < -0.39 is 17.4 Å². The maximum absolute atomic E-state index is 12.4. The van der Waals surface area contributed by atoms with Crippen molar-refractivity contribution in [1.29, 1.82) is 0 Å². The van der Waals surface area contributed by atoms with Crippen LogP contribution in [-0.2, 0) is 25.7 Å². The Bertz CT molecular complexity index is 504. The Morgan fingerprint density at radius 3 is 2.67 bits per heavy atom. The first-order chi connectivity index (χ1) is 10.0. The average Bonchev–Trinajstić information content (AvgIpc) is 2.72. The molecule has 114 valence electrons. The molecule has 1 aromatic rings. The van der Waals surface area contributed by atoms with E-state index >= 15 is 0 Å². The summed E-state index contributed by atoms with van der Waals surface area (Å²) in [6.45, 7) is 5.94. The summed E-state index contributed by atoms with van der Waals surface area (Å²) >= 11 is 0. The number of rotatable bonds is 5. The van der Waals surface area contributed by atoms with Crippen molar-refractivity contribution in [3.8, 4) is 0 Å². The highest BCUT2D eigenvalue weighted by molar-refractivity contribution is 5.85. The Kier molecular flexibility index (Phi) is 4.75. The van der Waals surface area contributed by atoms with Crippen molar-refractivity contribution in [2.45, 2.75) is 39.0 Å². The number of hydroxylamine groups is 2. The summed E-state index contributed by atoms with van der Waals surface area (Å²) in [5, 5.41) is 1.57. The summed E-state index contributed by atoms with van der Waals surface area (Å²) in [4.78, 5) is 29.6. The van der Waals surface area contributed by atoms with E-state index in [1.807, 2.05) is 30.3 Å². The fourth-order valence-electron chi connectivity index (χ4n) is 2.71. The second-order valence-electron chi connectivity index (χ2n) is 5.36. The van der Waals surface area contributed by atoms with Crippen LogP contribution in [0.3, 0.4) is 0 Å². The molecule has 0 amide bonds. The van der Waals surface area contributed by atoms with Gasteiger partial charge in [-0.3, -0.25) is 4.84 Å². The van der Waals surface area contributed by atoms with E-state index in [9.17, 15) is 9.59 Å². The van der Waals surface area contributed by atoms with E-state index in [-0.39, 0.29) is 12.7 Å². The van der Waals surface area contributed by atoms with Gasteiger partial charge in [0.2, 0.25) is 0 Å². The summed E-state index contributed by atoms with van der Waals surface area (Å²) < 4.78 is 5.16. The highest BCUT2D eigenvalue weighted by Gasteiger charge is 2.56. The van der Waals surface area contributed by atoms with Crippen LogP contribution in [0.4, 0.5) is 0 Å². The molecule has 3 atom stereocenters. The topological polar surface area (TPSA) is 55.8 Å². The average molecular weight is 291 g/mol. The van der Waals surface area contributed by atoms with Crippen molar-refractivity contribution in [3.63, 3.8) is 0 Å². The Hall–Kier alpha value is -1.72. The first-order valence-electron chi connectivity index (χ1n) is 7.14. The maximum Gasteiger partial charge on any atom is 0.329 e. The van der Waals surface area contributed by atoms with Crippen molar-refractivity contribution >= 4 is 12.3 Å². The lowest BCUT2D eigenvalue weighted by Gasteiger charge is -2.32. The number of carbonyl (C=O) groups excluding carboxylic acids is 2. The molecular formula is C16H21NO4. The number of ether oxygens (including phenoxy) is 1. The van der Waals surface area contributed by atoms with Gasteiger partial charge in [0, 0.05) is 0 Å². The zero-order valence-electron chi connectivity index (χ0n) is 12.6. The molecule has 5 nitrogen and oxygen atoms in total. The van der Waals surface area contributed by atoms with Gasteiger partial charge in [-0.1, -0.05) is 30.3 Å². The fourth-order valence-corrected chi connectivity index (χ4v) is 2.71. The third-order valence-corrected chi connectivity index (χ3v) is 3.97. The third kappa shape index (κ3) is 2.84. The molecule has 0 N–H and O–H groups in total. The van der Waals surface area contributed by atoms with Crippen LogP contribution in [0.15, 0.2) is 30.3 Å². The molecule has 1 aliphatic rings. The van der Waals surface area contributed by atoms with Crippen molar-refractivity contribution in [2.24, 2.45) is 5.92 Å². The lowest BCUT2D eigenvalue weighted by Crippen LogP contribution is -2.53. The van der Waals surface area contributed by atoms with Gasteiger partial charge >= 0.3 is 5.97 Å². The van der Waals surface area contributed by atoms with Crippen LogP contribution in [-0.4, -0.2) is 35.6 Å². The van der Waals surface area contributed by atoms with Crippen molar-refractivity contribution < 1.29 is 19.2 Å². The van der Waals surface area contributed by atoms with Gasteiger partial charge in [0.1, 0.15) is 6.29 Å². The minimum atomic E-state index is -1.10. The largest absolute Gasteiger partial charge is 0.465 e. The molecule has 5 heteroatoms. The summed E-state index contributed by atoms with van der Waals surface area (Å²) in [6.07, 6.45) is 0.424. The number of benzene rings is 1. The summed E-state index contributed by atoms with van der Waals surface area (Å²) in [7, 11) is 0. The smallest absolute Gasteiger partial charge is 0.329 e. The van der Waals surface area contributed by atoms with E-state index in [1.54, 1.807) is 25.8 Å². The molecule has 0 aliphatic carbocycles. The molecule has 0 bridgehead atoms. The monoisotopic (exact) mass is 291 g/mol. The third-order valence-electron chi connectivity index (χ3n) is 3.97. The minimum Gasteiger partial charge on any atom is -0.465 e. The Morgan fingerprint density at radius 2 is 2.10 bits per heavy atom. The standard InChI is InChI=1S/C16H21NO4/c1-4-20-15(19)16(3)14(11-18)12(2)21-17(16)10-13-8-6-5-7-9-13/h5-9,11-12,14H,4,10H2,1-3H3/t12-,14-,16-/m1/s1. The molecule has 1 aliphatic heterocycles. The van der Waals surface area contributed by atoms with Gasteiger partial charge in [-0.15, -0.1) is 0 Å². The number of esters is 1. The normalized spacial score (nSPS) is 29.3. The Balaban J connectivity index is 2.29. The molecule has 0 radical (unpaired) electrons. The van der Waals surface area contributed by atoms with Gasteiger partial charge in [-0.2, -0.15) is 5.06 Å². The predicted molar refractivity (Wildman–Crippen MR) is 77.1 cm³/mol. The number of hydrogen-bond acceptors (Lipinski definition) is 5. The molecule has 0 aromatic heterocycles. The van der Waals surface area contributed by atoms with Crippen LogP contribution >= 0.6 is 0 Å². The zero-order chi connectivity index (χ0) is 15.5. The molecule has 1 heterocycles. The van der Waals surface area contributed by atoms with Crippen LogP contribution in [0, 0.1) is 5.92 Å². The fraction of sp³-hybridized carbons (Fsp3) is 0.500. The quantitative estimate of drug-likeness (QED) is 0.613. The second kappa shape index (κ2) is 6.37. The van der Waals surface area contributed by atoms with E-state index in [4.69, 9.17) is 9.57 Å². The molecule has 0 unspecified atom stereocenters. The van der Waals surface area contributed by atoms with Crippen molar-refractivity contribution in [3.05, 3.63) is 35.9 Å². The van der Waals surface area contributed by atoms with Gasteiger partial charge in [0.15, 0.2) is 5.54 Å². The van der Waals surface area contributed by atoms with Crippen LogP contribution in [0.25, 0.3) is 0 Å². The summed E-state index contributed by atoms with van der Waals surface area (Å²) in [6, 6.07) is 9.68. The minimum absolute atomic E-state index is 0.271.